The summed E-state index contributed by atoms with van der Waals surface area (Å²) in [6, 6.07) is 11.5. The van der Waals surface area contributed by atoms with Gasteiger partial charge in [0.2, 0.25) is 11.8 Å². The van der Waals surface area contributed by atoms with Crippen LogP contribution in [0.15, 0.2) is 36.4 Å². The fourth-order valence-electron chi connectivity index (χ4n) is 3.31. The van der Waals surface area contributed by atoms with Gasteiger partial charge < -0.3 is 15.5 Å². The molecule has 2 N–H and O–H groups in total. The minimum absolute atomic E-state index is 0.0513. The average molecular weight is 350 g/mol. The molecule has 6 heteroatoms. The molecular weight excluding hydrogens is 328 g/mol. The Morgan fingerprint density at radius 1 is 1.23 bits per heavy atom. The van der Waals surface area contributed by atoms with Gasteiger partial charge >= 0.3 is 0 Å². The van der Waals surface area contributed by atoms with Crippen LogP contribution in [0.5, 0.6) is 0 Å². The van der Waals surface area contributed by atoms with Gasteiger partial charge in [0.25, 0.3) is 0 Å². The molecule has 1 aromatic heterocycles. The number of β-lactam (4-membered cyclic amide) rings is 1. The zero-order chi connectivity index (χ0) is 17.9. The van der Waals surface area contributed by atoms with Crippen LogP contribution in [0.3, 0.4) is 0 Å². The van der Waals surface area contributed by atoms with Gasteiger partial charge in [0, 0.05) is 43.0 Å². The molecule has 2 amide bonds. The number of anilines is 3. The summed E-state index contributed by atoms with van der Waals surface area (Å²) < 4.78 is 0. The predicted octanol–water partition coefficient (Wildman–Crippen LogP) is 2.75. The number of aryl methyl sites for hydroxylation is 2. The molecule has 0 spiro atoms. The molecule has 2 aliphatic heterocycles. The van der Waals surface area contributed by atoms with Crippen LogP contribution in [0.25, 0.3) is 0 Å². The molecule has 1 aromatic carbocycles. The van der Waals surface area contributed by atoms with Gasteiger partial charge in [-0.25, -0.2) is 4.98 Å². The van der Waals surface area contributed by atoms with Gasteiger partial charge in [-0.1, -0.05) is 12.1 Å². The number of carbonyl (C=O) groups is 2. The number of hydrogen-bond donors (Lipinski definition) is 2. The third kappa shape index (κ3) is 3.54. The summed E-state index contributed by atoms with van der Waals surface area (Å²) in [4.78, 5) is 30.2. The fraction of sp³-hybridized carbons (Fsp3) is 0.350. The molecule has 0 atom stereocenters. The third-order valence-electron chi connectivity index (χ3n) is 4.85. The maximum absolute atomic E-state index is 12.3. The normalized spacial score (nSPS) is 15.7. The number of hydrogen-bond acceptors (Lipinski definition) is 4. The van der Waals surface area contributed by atoms with E-state index in [1.54, 1.807) is 4.90 Å². The fourth-order valence-corrected chi connectivity index (χ4v) is 3.31. The van der Waals surface area contributed by atoms with E-state index in [2.05, 4.69) is 21.7 Å². The third-order valence-corrected chi connectivity index (χ3v) is 4.85. The van der Waals surface area contributed by atoms with Crippen molar-refractivity contribution in [2.24, 2.45) is 0 Å². The van der Waals surface area contributed by atoms with Crippen LogP contribution in [0, 0.1) is 0 Å². The van der Waals surface area contributed by atoms with Gasteiger partial charge in [-0.2, -0.15) is 0 Å². The van der Waals surface area contributed by atoms with Gasteiger partial charge in [0.1, 0.15) is 5.82 Å². The van der Waals surface area contributed by atoms with Crippen molar-refractivity contribution >= 4 is 29.0 Å². The first-order valence-electron chi connectivity index (χ1n) is 9.12. The van der Waals surface area contributed by atoms with Gasteiger partial charge in [0.15, 0.2) is 0 Å². The summed E-state index contributed by atoms with van der Waals surface area (Å²) >= 11 is 0. The zero-order valence-electron chi connectivity index (χ0n) is 14.6. The molecule has 0 unspecified atom stereocenters. The Balaban J connectivity index is 1.34. The molecule has 3 heterocycles. The summed E-state index contributed by atoms with van der Waals surface area (Å²) in [7, 11) is 0. The molecule has 6 nitrogen and oxygen atoms in total. The number of pyridine rings is 1. The summed E-state index contributed by atoms with van der Waals surface area (Å²) in [5.41, 5.74) is 3.73. The van der Waals surface area contributed by atoms with Crippen LogP contribution in [0.2, 0.25) is 0 Å². The molecule has 0 saturated carbocycles. The molecule has 1 saturated heterocycles. The lowest BCUT2D eigenvalue weighted by molar-refractivity contribution is -0.122. The Hall–Kier alpha value is -2.89. The van der Waals surface area contributed by atoms with E-state index in [9.17, 15) is 9.59 Å². The zero-order valence-corrected chi connectivity index (χ0v) is 14.6. The first-order valence-corrected chi connectivity index (χ1v) is 9.12. The van der Waals surface area contributed by atoms with E-state index in [-0.39, 0.29) is 11.8 Å². The molecule has 0 bridgehead atoms. The average Bonchev–Trinajstić information content (AvgIpc) is 2.65. The van der Waals surface area contributed by atoms with Gasteiger partial charge in [-0.3, -0.25) is 9.59 Å². The molecule has 1 fully saturated rings. The van der Waals surface area contributed by atoms with E-state index >= 15 is 0 Å². The Kier molecular flexibility index (Phi) is 4.56. The van der Waals surface area contributed by atoms with Crippen molar-refractivity contribution in [3.63, 3.8) is 0 Å². The van der Waals surface area contributed by atoms with Crippen molar-refractivity contribution in [2.45, 2.75) is 32.1 Å². The second-order valence-electron chi connectivity index (χ2n) is 6.73. The van der Waals surface area contributed by atoms with Gasteiger partial charge in [0.05, 0.1) is 0 Å². The van der Waals surface area contributed by atoms with E-state index in [0.29, 0.717) is 24.9 Å². The van der Waals surface area contributed by atoms with Crippen molar-refractivity contribution in [2.75, 3.05) is 28.6 Å². The Morgan fingerprint density at radius 3 is 2.96 bits per heavy atom. The van der Waals surface area contributed by atoms with Crippen LogP contribution in [0.4, 0.5) is 17.2 Å². The summed E-state index contributed by atoms with van der Waals surface area (Å²) in [6.45, 7) is 1.70. The lowest BCUT2D eigenvalue weighted by atomic mass is 10.1. The van der Waals surface area contributed by atoms with Gasteiger partial charge in [-0.15, -0.1) is 0 Å². The summed E-state index contributed by atoms with van der Waals surface area (Å²) in [6.07, 6.45) is 3.77. The van der Waals surface area contributed by atoms with Crippen molar-refractivity contribution in [1.82, 2.24) is 4.98 Å². The van der Waals surface area contributed by atoms with Crippen LogP contribution in [-0.2, 0) is 22.4 Å². The smallest absolute Gasteiger partial charge is 0.228 e. The Labute approximate surface area is 152 Å². The number of carbonyl (C=O) groups excluding carboxylic acids is 2. The van der Waals surface area contributed by atoms with Gasteiger partial charge in [-0.05, 0) is 49.1 Å². The van der Waals surface area contributed by atoms with Crippen molar-refractivity contribution in [3.05, 3.63) is 47.7 Å². The Bertz CT molecular complexity index is 849. The van der Waals surface area contributed by atoms with Crippen molar-refractivity contribution < 1.29 is 9.59 Å². The lowest BCUT2D eigenvalue weighted by Gasteiger charge is -2.30. The first-order chi connectivity index (χ1) is 12.7. The van der Waals surface area contributed by atoms with Crippen LogP contribution >= 0.6 is 0 Å². The van der Waals surface area contributed by atoms with E-state index in [0.717, 1.165) is 43.1 Å². The molecule has 0 radical (unpaired) electrons. The number of nitrogens with one attached hydrogen (secondary N) is 2. The number of fused-ring (bicyclic) bond motifs is 1. The van der Waals surface area contributed by atoms with Crippen LogP contribution in [-0.4, -0.2) is 29.9 Å². The summed E-state index contributed by atoms with van der Waals surface area (Å²) in [5.74, 6) is 1.03. The SMILES string of the molecule is O=C(CCc1ccc2c(n1)NCCC2)Nc1cccc(N2CCC2=O)c1. The highest BCUT2D eigenvalue weighted by atomic mass is 16.2. The topological polar surface area (TPSA) is 74.3 Å². The van der Waals surface area contributed by atoms with E-state index in [1.807, 2.05) is 30.3 Å². The minimum atomic E-state index is -0.0513. The number of aromatic nitrogens is 1. The molecule has 2 aliphatic rings. The highest BCUT2D eigenvalue weighted by Gasteiger charge is 2.25. The van der Waals surface area contributed by atoms with Crippen LogP contribution < -0.4 is 15.5 Å². The van der Waals surface area contributed by atoms with E-state index in [4.69, 9.17) is 0 Å². The lowest BCUT2D eigenvalue weighted by Crippen LogP contribution is -2.43. The molecular formula is C20H22N4O2. The predicted molar refractivity (Wildman–Crippen MR) is 101 cm³/mol. The standard InChI is InChI=1S/C20H22N4O2/c25-18(9-8-15-7-6-14-3-2-11-21-20(14)23-15)22-16-4-1-5-17(13-16)24-12-10-19(24)26/h1,4-7,13H,2-3,8-12H2,(H,21,23)(H,22,25). The second kappa shape index (κ2) is 7.15. The van der Waals surface area contributed by atoms with Crippen molar-refractivity contribution in [1.29, 1.82) is 0 Å². The number of rotatable bonds is 5. The number of amides is 2. The number of nitrogens with zero attached hydrogens (tertiary/aromatic N) is 2. The highest BCUT2D eigenvalue weighted by Crippen LogP contribution is 2.25. The summed E-state index contributed by atoms with van der Waals surface area (Å²) in [5, 5.41) is 6.23. The van der Waals surface area contributed by atoms with Crippen LogP contribution in [0.1, 0.15) is 30.5 Å². The monoisotopic (exact) mass is 350 g/mol. The largest absolute Gasteiger partial charge is 0.370 e. The van der Waals surface area contributed by atoms with E-state index < -0.39 is 0 Å². The van der Waals surface area contributed by atoms with E-state index in [1.165, 1.54) is 5.56 Å². The second-order valence-corrected chi connectivity index (χ2v) is 6.73. The molecule has 4 rings (SSSR count). The van der Waals surface area contributed by atoms with Crippen molar-refractivity contribution in [3.8, 4) is 0 Å². The maximum atomic E-state index is 12.3. The quantitative estimate of drug-likeness (QED) is 0.813. The Morgan fingerprint density at radius 2 is 2.15 bits per heavy atom. The molecule has 26 heavy (non-hydrogen) atoms. The number of benzene rings is 1. The highest BCUT2D eigenvalue weighted by molar-refractivity contribution is 6.00. The maximum Gasteiger partial charge on any atom is 0.228 e. The minimum Gasteiger partial charge on any atom is -0.370 e. The molecule has 0 aliphatic carbocycles. The first kappa shape index (κ1) is 16.6. The molecule has 2 aromatic rings. The molecule has 134 valence electrons.